The van der Waals surface area contributed by atoms with Crippen LogP contribution in [-0.2, 0) is 9.47 Å². The molecule has 0 radical (unpaired) electrons. The van der Waals surface area contributed by atoms with Crippen molar-refractivity contribution in [3.8, 4) is 0 Å². The van der Waals surface area contributed by atoms with Gasteiger partial charge in [-0.05, 0) is 25.7 Å². The number of aliphatic hydroxyl groups excluding tert-OH is 1. The van der Waals surface area contributed by atoms with Crippen LogP contribution in [0.3, 0.4) is 0 Å². The Bertz CT molecular complexity index is 154. The molecular formula is C10H18O3. The van der Waals surface area contributed by atoms with Gasteiger partial charge in [0.05, 0.1) is 25.4 Å². The first-order valence-corrected chi connectivity index (χ1v) is 5.23. The lowest BCUT2D eigenvalue weighted by Gasteiger charge is -2.17. The standard InChI is InChI=1S/C10H18O3/c11-9-2-1-3-10(9)13-7-8-4-5-12-6-8/h8-11H,1-7H2. The second-order valence-electron chi connectivity index (χ2n) is 4.10. The van der Waals surface area contributed by atoms with Crippen molar-refractivity contribution in [3.63, 3.8) is 0 Å². The Morgan fingerprint density at radius 2 is 2.23 bits per heavy atom. The van der Waals surface area contributed by atoms with Crippen molar-refractivity contribution in [2.45, 2.75) is 37.9 Å². The summed E-state index contributed by atoms with van der Waals surface area (Å²) in [5, 5.41) is 9.51. The van der Waals surface area contributed by atoms with Gasteiger partial charge in [0.15, 0.2) is 0 Å². The number of hydrogen-bond donors (Lipinski definition) is 1. The topological polar surface area (TPSA) is 38.7 Å². The molecular weight excluding hydrogens is 168 g/mol. The van der Waals surface area contributed by atoms with E-state index in [1.807, 2.05) is 0 Å². The Kier molecular flexibility index (Phi) is 3.19. The van der Waals surface area contributed by atoms with Gasteiger partial charge in [0.25, 0.3) is 0 Å². The summed E-state index contributed by atoms with van der Waals surface area (Å²) in [4.78, 5) is 0. The quantitative estimate of drug-likeness (QED) is 0.713. The zero-order chi connectivity index (χ0) is 9.10. The van der Waals surface area contributed by atoms with Crippen molar-refractivity contribution in [2.24, 2.45) is 5.92 Å². The first-order chi connectivity index (χ1) is 6.36. The molecule has 76 valence electrons. The fraction of sp³-hybridized carbons (Fsp3) is 1.00. The summed E-state index contributed by atoms with van der Waals surface area (Å²) < 4.78 is 10.9. The van der Waals surface area contributed by atoms with Crippen LogP contribution < -0.4 is 0 Å². The Hall–Kier alpha value is -0.120. The smallest absolute Gasteiger partial charge is 0.0834 e. The minimum atomic E-state index is -0.220. The summed E-state index contributed by atoms with van der Waals surface area (Å²) in [6.07, 6.45) is 4.03. The lowest BCUT2D eigenvalue weighted by atomic mass is 10.1. The maximum Gasteiger partial charge on any atom is 0.0834 e. The van der Waals surface area contributed by atoms with Crippen LogP contribution in [0.15, 0.2) is 0 Å². The van der Waals surface area contributed by atoms with Crippen LogP contribution in [0.2, 0.25) is 0 Å². The number of hydrogen-bond acceptors (Lipinski definition) is 3. The highest BCUT2D eigenvalue weighted by molar-refractivity contribution is 4.77. The lowest BCUT2D eigenvalue weighted by Crippen LogP contribution is -2.25. The first-order valence-electron chi connectivity index (χ1n) is 5.23. The average molecular weight is 186 g/mol. The minimum Gasteiger partial charge on any atom is -0.390 e. The molecule has 1 aliphatic heterocycles. The van der Waals surface area contributed by atoms with Crippen LogP contribution in [-0.4, -0.2) is 37.1 Å². The highest BCUT2D eigenvalue weighted by atomic mass is 16.5. The molecule has 0 aromatic carbocycles. The maximum atomic E-state index is 9.51. The molecule has 0 amide bonds. The van der Waals surface area contributed by atoms with E-state index < -0.39 is 0 Å². The SMILES string of the molecule is OC1CCCC1OCC1CCOC1. The van der Waals surface area contributed by atoms with E-state index >= 15 is 0 Å². The van der Waals surface area contributed by atoms with Gasteiger partial charge in [-0.2, -0.15) is 0 Å². The third-order valence-corrected chi connectivity index (χ3v) is 2.99. The van der Waals surface area contributed by atoms with E-state index in [4.69, 9.17) is 9.47 Å². The molecule has 0 aromatic heterocycles. The van der Waals surface area contributed by atoms with E-state index in [0.29, 0.717) is 5.92 Å². The highest BCUT2D eigenvalue weighted by Gasteiger charge is 2.27. The van der Waals surface area contributed by atoms with Crippen molar-refractivity contribution in [1.29, 1.82) is 0 Å². The third kappa shape index (κ3) is 2.42. The van der Waals surface area contributed by atoms with Gasteiger partial charge in [0, 0.05) is 12.5 Å². The molecule has 3 nitrogen and oxygen atoms in total. The van der Waals surface area contributed by atoms with Gasteiger partial charge in [0.2, 0.25) is 0 Å². The molecule has 0 bridgehead atoms. The zero-order valence-electron chi connectivity index (χ0n) is 7.95. The molecule has 2 rings (SSSR count). The molecule has 2 aliphatic rings. The molecule has 3 unspecified atom stereocenters. The molecule has 1 saturated carbocycles. The van der Waals surface area contributed by atoms with Gasteiger partial charge in [-0.15, -0.1) is 0 Å². The summed E-state index contributed by atoms with van der Waals surface area (Å²) in [6.45, 7) is 2.48. The molecule has 1 aliphatic carbocycles. The van der Waals surface area contributed by atoms with E-state index in [0.717, 1.165) is 45.5 Å². The largest absolute Gasteiger partial charge is 0.390 e. The van der Waals surface area contributed by atoms with Gasteiger partial charge in [-0.3, -0.25) is 0 Å². The monoisotopic (exact) mass is 186 g/mol. The van der Waals surface area contributed by atoms with E-state index in [-0.39, 0.29) is 12.2 Å². The van der Waals surface area contributed by atoms with E-state index in [1.54, 1.807) is 0 Å². The number of ether oxygens (including phenoxy) is 2. The molecule has 1 N–H and O–H groups in total. The summed E-state index contributed by atoms with van der Waals surface area (Å²) in [5.74, 6) is 0.563. The number of aliphatic hydroxyl groups is 1. The van der Waals surface area contributed by atoms with E-state index in [9.17, 15) is 5.11 Å². The van der Waals surface area contributed by atoms with Crippen LogP contribution in [0.4, 0.5) is 0 Å². The van der Waals surface area contributed by atoms with Gasteiger partial charge in [-0.25, -0.2) is 0 Å². The lowest BCUT2D eigenvalue weighted by molar-refractivity contribution is -0.0328. The molecule has 0 aromatic rings. The highest BCUT2D eigenvalue weighted by Crippen LogP contribution is 2.23. The normalized spacial score (nSPS) is 39.9. The van der Waals surface area contributed by atoms with Crippen molar-refractivity contribution in [3.05, 3.63) is 0 Å². The number of rotatable bonds is 3. The van der Waals surface area contributed by atoms with E-state index in [1.165, 1.54) is 0 Å². The molecule has 3 atom stereocenters. The fourth-order valence-electron chi connectivity index (χ4n) is 2.08. The molecule has 13 heavy (non-hydrogen) atoms. The summed E-state index contributed by atoms with van der Waals surface area (Å²) >= 11 is 0. The molecule has 1 saturated heterocycles. The van der Waals surface area contributed by atoms with Crippen LogP contribution >= 0.6 is 0 Å². The van der Waals surface area contributed by atoms with Crippen LogP contribution in [0.1, 0.15) is 25.7 Å². The summed E-state index contributed by atoms with van der Waals surface area (Å²) in [6, 6.07) is 0. The zero-order valence-corrected chi connectivity index (χ0v) is 7.95. The van der Waals surface area contributed by atoms with Gasteiger partial charge >= 0.3 is 0 Å². The molecule has 1 heterocycles. The molecule has 3 heteroatoms. The predicted octanol–water partition coefficient (Wildman–Crippen LogP) is 0.953. The van der Waals surface area contributed by atoms with Crippen LogP contribution in [0, 0.1) is 5.92 Å². The maximum absolute atomic E-state index is 9.51. The predicted molar refractivity (Wildman–Crippen MR) is 48.5 cm³/mol. The molecule has 2 fully saturated rings. The van der Waals surface area contributed by atoms with Crippen molar-refractivity contribution < 1.29 is 14.6 Å². The Morgan fingerprint density at radius 1 is 1.31 bits per heavy atom. The second-order valence-corrected chi connectivity index (χ2v) is 4.10. The van der Waals surface area contributed by atoms with Crippen molar-refractivity contribution in [1.82, 2.24) is 0 Å². The summed E-state index contributed by atoms with van der Waals surface area (Å²) in [7, 11) is 0. The molecule has 0 spiro atoms. The van der Waals surface area contributed by atoms with Gasteiger partial charge in [-0.1, -0.05) is 0 Å². The fourth-order valence-corrected chi connectivity index (χ4v) is 2.08. The first kappa shape index (κ1) is 9.44. The van der Waals surface area contributed by atoms with Gasteiger partial charge in [0.1, 0.15) is 0 Å². The Balaban J connectivity index is 1.66. The van der Waals surface area contributed by atoms with Crippen molar-refractivity contribution in [2.75, 3.05) is 19.8 Å². The Morgan fingerprint density at radius 3 is 2.85 bits per heavy atom. The summed E-state index contributed by atoms with van der Waals surface area (Å²) in [5.41, 5.74) is 0. The second kappa shape index (κ2) is 4.40. The van der Waals surface area contributed by atoms with Crippen LogP contribution in [0.25, 0.3) is 0 Å². The third-order valence-electron chi connectivity index (χ3n) is 2.99. The van der Waals surface area contributed by atoms with Crippen LogP contribution in [0.5, 0.6) is 0 Å². The average Bonchev–Trinajstić information content (AvgIpc) is 2.72. The Labute approximate surface area is 79.0 Å². The minimum absolute atomic E-state index is 0.0978. The van der Waals surface area contributed by atoms with E-state index in [2.05, 4.69) is 0 Å². The van der Waals surface area contributed by atoms with Crippen molar-refractivity contribution >= 4 is 0 Å². The van der Waals surface area contributed by atoms with Gasteiger partial charge < -0.3 is 14.6 Å².